The number of anilines is 1. The Morgan fingerprint density at radius 3 is 2.50 bits per heavy atom. The predicted molar refractivity (Wildman–Crippen MR) is 82.0 cm³/mol. The van der Waals surface area contributed by atoms with Gasteiger partial charge in [0.1, 0.15) is 4.60 Å². The Hall–Kier alpha value is -1.47. The largest absolute Gasteiger partial charge is 0.266 e. The molecule has 1 aromatic carbocycles. The summed E-state index contributed by atoms with van der Waals surface area (Å²) in [5.41, 5.74) is 0.986. The summed E-state index contributed by atoms with van der Waals surface area (Å²) < 4.78 is 27.1. The molecule has 0 amide bonds. The third-order valence-corrected chi connectivity index (χ3v) is 4.59. The van der Waals surface area contributed by atoms with Crippen LogP contribution in [0, 0.1) is 0 Å². The van der Waals surface area contributed by atoms with Gasteiger partial charge >= 0.3 is 0 Å². The van der Waals surface area contributed by atoms with Crippen LogP contribution < -0.4 is 4.72 Å². The van der Waals surface area contributed by atoms with Crippen LogP contribution in [0.25, 0.3) is 0 Å². The third kappa shape index (κ3) is 4.28. The lowest BCUT2D eigenvalue weighted by molar-refractivity contribution is 0.595. The van der Waals surface area contributed by atoms with Gasteiger partial charge in [0.2, 0.25) is 10.0 Å². The fourth-order valence-corrected chi connectivity index (χ4v) is 3.34. The molecule has 1 unspecified atom stereocenters. The minimum atomic E-state index is -3.46. The Morgan fingerprint density at radius 2 is 1.90 bits per heavy atom. The molecule has 0 radical (unpaired) electrons. The lowest BCUT2D eigenvalue weighted by Gasteiger charge is -2.13. The highest BCUT2D eigenvalue weighted by molar-refractivity contribution is 9.10. The number of halogens is 1. The summed E-state index contributed by atoms with van der Waals surface area (Å²) in [4.78, 5) is 7.87. The maximum Gasteiger partial charge on any atom is 0.234 e. The van der Waals surface area contributed by atoms with E-state index in [0.717, 1.165) is 5.56 Å². The van der Waals surface area contributed by atoms with Crippen molar-refractivity contribution in [1.29, 1.82) is 0 Å². The standard InChI is InChI=1S/C13H14BrN3O2S/c1-10(11-5-3-2-4-6-11)9-20(18,19)17-13-8-15-12(14)7-16-13/h2-8,10H,9H2,1H3,(H,16,17). The van der Waals surface area contributed by atoms with Crippen molar-refractivity contribution in [3.05, 3.63) is 52.9 Å². The van der Waals surface area contributed by atoms with Crippen molar-refractivity contribution in [2.24, 2.45) is 0 Å². The second kappa shape index (κ2) is 6.32. The topological polar surface area (TPSA) is 72.0 Å². The van der Waals surface area contributed by atoms with Crippen molar-refractivity contribution in [2.45, 2.75) is 12.8 Å². The molecule has 0 aliphatic heterocycles. The van der Waals surface area contributed by atoms with Gasteiger partial charge in [-0.1, -0.05) is 37.3 Å². The molecule has 0 aliphatic carbocycles. The molecule has 0 spiro atoms. The zero-order chi connectivity index (χ0) is 14.6. The monoisotopic (exact) mass is 355 g/mol. The molecule has 20 heavy (non-hydrogen) atoms. The SMILES string of the molecule is CC(CS(=O)(=O)Nc1cnc(Br)cn1)c1ccccc1. The Balaban J connectivity index is 2.06. The zero-order valence-corrected chi connectivity index (χ0v) is 13.2. The lowest BCUT2D eigenvalue weighted by Crippen LogP contribution is -2.21. The van der Waals surface area contributed by atoms with E-state index in [9.17, 15) is 8.42 Å². The number of nitrogens with zero attached hydrogens (tertiary/aromatic N) is 2. The quantitative estimate of drug-likeness (QED) is 0.894. The van der Waals surface area contributed by atoms with E-state index >= 15 is 0 Å². The van der Waals surface area contributed by atoms with Gasteiger partial charge in [-0.05, 0) is 27.4 Å². The van der Waals surface area contributed by atoms with Crippen LogP contribution in [0.2, 0.25) is 0 Å². The molecule has 0 bridgehead atoms. The molecule has 0 saturated carbocycles. The molecule has 5 nitrogen and oxygen atoms in total. The molecule has 7 heteroatoms. The van der Waals surface area contributed by atoms with Crippen LogP contribution in [0.3, 0.4) is 0 Å². The first-order chi connectivity index (χ1) is 9.46. The van der Waals surface area contributed by atoms with Crippen molar-refractivity contribution in [3.63, 3.8) is 0 Å². The normalized spacial score (nSPS) is 12.9. The Morgan fingerprint density at radius 1 is 1.20 bits per heavy atom. The molecule has 1 heterocycles. The number of benzene rings is 1. The molecule has 1 aromatic heterocycles. The van der Waals surface area contributed by atoms with Crippen molar-refractivity contribution in [1.82, 2.24) is 9.97 Å². The number of aromatic nitrogens is 2. The highest BCUT2D eigenvalue weighted by Crippen LogP contribution is 2.18. The van der Waals surface area contributed by atoms with Crippen molar-refractivity contribution >= 4 is 31.8 Å². The lowest BCUT2D eigenvalue weighted by atomic mass is 10.0. The van der Waals surface area contributed by atoms with Gasteiger partial charge in [-0.15, -0.1) is 0 Å². The van der Waals surface area contributed by atoms with Gasteiger partial charge in [0, 0.05) is 0 Å². The minimum Gasteiger partial charge on any atom is -0.266 e. The van der Waals surface area contributed by atoms with Crippen LogP contribution in [0.1, 0.15) is 18.4 Å². The van der Waals surface area contributed by atoms with Crippen molar-refractivity contribution < 1.29 is 8.42 Å². The van der Waals surface area contributed by atoms with Crippen LogP contribution >= 0.6 is 15.9 Å². The molecule has 106 valence electrons. The van der Waals surface area contributed by atoms with Crippen LogP contribution in [0.15, 0.2) is 47.3 Å². The summed E-state index contributed by atoms with van der Waals surface area (Å²) in [5.74, 6) is 0.111. The summed E-state index contributed by atoms with van der Waals surface area (Å²) in [6.07, 6.45) is 2.81. The zero-order valence-electron chi connectivity index (χ0n) is 10.8. The van der Waals surface area contributed by atoms with Crippen LogP contribution in [0.4, 0.5) is 5.82 Å². The van der Waals surface area contributed by atoms with Gasteiger partial charge in [-0.3, -0.25) is 4.72 Å². The van der Waals surface area contributed by atoms with E-state index in [-0.39, 0.29) is 17.5 Å². The van der Waals surface area contributed by atoms with E-state index in [2.05, 4.69) is 30.6 Å². The number of hydrogen-bond acceptors (Lipinski definition) is 4. The summed E-state index contributed by atoms with van der Waals surface area (Å²) in [7, 11) is -3.46. The van der Waals surface area contributed by atoms with Crippen molar-refractivity contribution in [2.75, 3.05) is 10.5 Å². The Bertz CT molecular complexity index is 660. The summed E-state index contributed by atoms with van der Waals surface area (Å²) in [6.45, 7) is 1.88. The third-order valence-electron chi connectivity index (χ3n) is 2.72. The molecule has 0 saturated heterocycles. The molecule has 1 atom stereocenters. The predicted octanol–water partition coefficient (Wildman–Crippen LogP) is 2.78. The first-order valence-corrected chi connectivity index (χ1v) is 8.44. The second-order valence-corrected chi connectivity index (χ2v) is 7.00. The second-order valence-electron chi connectivity index (χ2n) is 4.42. The van der Waals surface area contributed by atoms with E-state index in [1.807, 2.05) is 37.3 Å². The van der Waals surface area contributed by atoms with Crippen molar-refractivity contribution in [3.8, 4) is 0 Å². The highest BCUT2D eigenvalue weighted by Gasteiger charge is 2.17. The van der Waals surface area contributed by atoms with E-state index in [1.165, 1.54) is 12.4 Å². The fraction of sp³-hybridized carbons (Fsp3) is 0.231. The first kappa shape index (κ1) is 14.9. The van der Waals surface area contributed by atoms with Gasteiger partial charge in [-0.25, -0.2) is 18.4 Å². The number of hydrogen-bond donors (Lipinski definition) is 1. The van der Waals surface area contributed by atoms with Crippen LogP contribution in [-0.2, 0) is 10.0 Å². The van der Waals surface area contributed by atoms with Crippen LogP contribution in [-0.4, -0.2) is 24.1 Å². The van der Waals surface area contributed by atoms with E-state index in [1.54, 1.807) is 0 Å². The molecule has 0 fully saturated rings. The van der Waals surface area contributed by atoms with E-state index in [0.29, 0.717) is 4.60 Å². The maximum atomic E-state index is 12.1. The Labute approximate surface area is 126 Å². The molecule has 2 aromatic rings. The molecule has 0 aliphatic rings. The average Bonchev–Trinajstić information content (AvgIpc) is 2.41. The summed E-state index contributed by atoms with van der Waals surface area (Å²) in [5, 5.41) is 0. The van der Waals surface area contributed by atoms with Gasteiger partial charge in [0.15, 0.2) is 5.82 Å². The van der Waals surface area contributed by atoms with Gasteiger partial charge < -0.3 is 0 Å². The summed E-state index contributed by atoms with van der Waals surface area (Å²) in [6, 6.07) is 9.53. The molecular formula is C13H14BrN3O2S. The van der Waals surface area contributed by atoms with Crippen LogP contribution in [0.5, 0.6) is 0 Å². The Kier molecular flexibility index (Phi) is 4.72. The number of sulfonamides is 1. The molecule has 2 rings (SSSR count). The van der Waals surface area contributed by atoms with E-state index in [4.69, 9.17) is 0 Å². The van der Waals surface area contributed by atoms with Gasteiger partial charge in [0.25, 0.3) is 0 Å². The first-order valence-electron chi connectivity index (χ1n) is 5.99. The molecule has 1 N–H and O–H groups in total. The van der Waals surface area contributed by atoms with Gasteiger partial charge in [-0.2, -0.15) is 0 Å². The average molecular weight is 356 g/mol. The van der Waals surface area contributed by atoms with Gasteiger partial charge in [0.05, 0.1) is 18.1 Å². The highest BCUT2D eigenvalue weighted by atomic mass is 79.9. The smallest absolute Gasteiger partial charge is 0.234 e. The maximum absolute atomic E-state index is 12.1. The number of rotatable bonds is 5. The fourth-order valence-electron chi connectivity index (χ4n) is 1.77. The molecular weight excluding hydrogens is 342 g/mol. The van der Waals surface area contributed by atoms with E-state index < -0.39 is 10.0 Å². The minimum absolute atomic E-state index is 0.00520. The summed E-state index contributed by atoms with van der Waals surface area (Å²) >= 11 is 3.15. The number of nitrogens with one attached hydrogen (secondary N) is 1.